The maximum absolute atomic E-state index is 11.6. The minimum Gasteiger partial charge on any atom is -0.501 e. The van der Waals surface area contributed by atoms with Gasteiger partial charge in [-0.2, -0.15) is 0 Å². The van der Waals surface area contributed by atoms with Gasteiger partial charge < -0.3 is 14.3 Å². The Labute approximate surface area is 112 Å². The van der Waals surface area contributed by atoms with E-state index in [0.717, 1.165) is 43.8 Å². The first kappa shape index (κ1) is 13.8. The summed E-state index contributed by atoms with van der Waals surface area (Å²) in [6.07, 6.45) is 0. The fourth-order valence-electron chi connectivity index (χ4n) is 2.78. The third kappa shape index (κ3) is 2.85. The van der Waals surface area contributed by atoms with E-state index in [0.29, 0.717) is 6.54 Å². The number of diazo groups is 1. The molecule has 7 heteroatoms. The molecule has 0 aromatic rings. The molecule has 3 heterocycles. The van der Waals surface area contributed by atoms with Crippen molar-refractivity contribution < 1.29 is 19.1 Å². The minimum absolute atomic E-state index is 0.181. The van der Waals surface area contributed by atoms with Gasteiger partial charge in [-0.1, -0.05) is 0 Å². The zero-order valence-corrected chi connectivity index (χ0v) is 11.2. The Kier molecular flexibility index (Phi) is 4.02. The number of carbonyl (C=O) groups excluding carboxylic acids is 1. The van der Waals surface area contributed by atoms with E-state index < -0.39 is 5.97 Å². The van der Waals surface area contributed by atoms with E-state index in [-0.39, 0.29) is 18.1 Å². The lowest BCUT2D eigenvalue weighted by molar-refractivity contribution is -0.937. The number of quaternary nitrogens is 1. The van der Waals surface area contributed by atoms with Crippen LogP contribution < -0.4 is 0 Å². The molecule has 0 aromatic carbocycles. The van der Waals surface area contributed by atoms with Crippen molar-refractivity contribution in [1.29, 1.82) is 5.39 Å². The van der Waals surface area contributed by atoms with Gasteiger partial charge in [-0.05, 0) is 6.92 Å². The number of aliphatic hydroxyl groups excluding tert-OH is 1. The lowest BCUT2D eigenvalue weighted by Gasteiger charge is -2.50. The van der Waals surface area contributed by atoms with Crippen molar-refractivity contribution in [2.24, 2.45) is 0 Å². The number of carbonyl (C=O) groups is 1. The van der Waals surface area contributed by atoms with Gasteiger partial charge in [-0.15, -0.1) is 0 Å². The summed E-state index contributed by atoms with van der Waals surface area (Å²) in [7, 11) is 0. The number of hydrogen-bond donors (Lipinski definition) is 1. The van der Waals surface area contributed by atoms with E-state index in [1.165, 1.54) is 0 Å². The minimum atomic E-state index is -0.781. The Morgan fingerprint density at radius 2 is 1.95 bits per heavy atom. The molecule has 0 saturated carbocycles. The quantitative estimate of drug-likeness (QED) is 0.261. The van der Waals surface area contributed by atoms with Crippen LogP contribution in [-0.2, 0) is 9.53 Å². The van der Waals surface area contributed by atoms with Crippen LogP contribution >= 0.6 is 0 Å². The van der Waals surface area contributed by atoms with Crippen molar-refractivity contribution in [3.05, 3.63) is 16.4 Å². The number of rotatable bonds is 4. The van der Waals surface area contributed by atoms with Crippen LogP contribution in [0.1, 0.15) is 6.92 Å². The van der Waals surface area contributed by atoms with Crippen LogP contribution in [0.5, 0.6) is 0 Å². The van der Waals surface area contributed by atoms with E-state index in [2.05, 4.69) is 9.88 Å². The third-order valence-electron chi connectivity index (χ3n) is 4.00. The number of esters is 1. The van der Waals surface area contributed by atoms with Gasteiger partial charge in [-0.25, -0.2) is 4.79 Å². The summed E-state index contributed by atoms with van der Waals surface area (Å²) in [5.74, 6) is -0.965. The van der Waals surface area contributed by atoms with Crippen molar-refractivity contribution in [1.82, 2.24) is 4.90 Å². The molecule has 0 aliphatic carbocycles. The molecular formula is C12H20N4O3+2. The van der Waals surface area contributed by atoms with Crippen LogP contribution in [-0.4, -0.2) is 72.9 Å². The van der Waals surface area contributed by atoms with Crippen LogP contribution in [0.2, 0.25) is 0 Å². The molecular weight excluding hydrogens is 248 g/mol. The van der Waals surface area contributed by atoms with Crippen LogP contribution in [0.25, 0.3) is 4.98 Å². The average Bonchev–Trinajstić information content (AvgIpc) is 2.41. The maximum atomic E-state index is 11.6. The Bertz CT molecular complexity index is 419. The second-order valence-corrected chi connectivity index (χ2v) is 5.13. The highest BCUT2D eigenvalue weighted by Crippen LogP contribution is 2.22. The molecule has 0 spiro atoms. The van der Waals surface area contributed by atoms with Gasteiger partial charge in [0.2, 0.25) is 5.39 Å². The van der Waals surface area contributed by atoms with Crippen molar-refractivity contribution in [3.63, 3.8) is 0 Å². The molecule has 0 radical (unpaired) electrons. The fourth-order valence-corrected chi connectivity index (χ4v) is 2.78. The molecule has 104 valence electrons. The van der Waals surface area contributed by atoms with Crippen molar-refractivity contribution in [2.75, 3.05) is 52.4 Å². The van der Waals surface area contributed by atoms with Crippen LogP contribution in [0, 0.1) is 5.39 Å². The smallest absolute Gasteiger partial charge is 0.501 e. The first-order valence-corrected chi connectivity index (χ1v) is 6.62. The number of nitrogens with zero attached hydrogens (tertiary/aromatic N) is 4. The molecule has 2 bridgehead atoms. The molecule has 19 heavy (non-hydrogen) atoms. The second-order valence-electron chi connectivity index (χ2n) is 5.13. The highest BCUT2D eigenvalue weighted by atomic mass is 16.5. The molecule has 1 N–H and O–H groups in total. The molecule has 3 saturated heterocycles. The normalized spacial score (nSPS) is 30.4. The summed E-state index contributed by atoms with van der Waals surface area (Å²) in [4.78, 5) is 16.8. The van der Waals surface area contributed by atoms with Crippen LogP contribution in [0.4, 0.5) is 0 Å². The van der Waals surface area contributed by atoms with Gasteiger partial charge in [0.1, 0.15) is 6.54 Å². The first-order chi connectivity index (χ1) is 9.10. The average molecular weight is 268 g/mol. The van der Waals surface area contributed by atoms with Gasteiger partial charge in [0.15, 0.2) is 4.98 Å². The highest BCUT2D eigenvalue weighted by molar-refractivity contribution is 5.90. The number of hydrogen-bond acceptors (Lipinski definition) is 5. The topological polar surface area (TPSA) is 77.9 Å². The summed E-state index contributed by atoms with van der Waals surface area (Å²) in [5.41, 5.74) is -0.373. The lowest BCUT2D eigenvalue weighted by Crippen LogP contribution is -2.67. The van der Waals surface area contributed by atoms with E-state index in [4.69, 9.17) is 10.1 Å². The molecule has 3 fully saturated rings. The summed E-state index contributed by atoms with van der Waals surface area (Å²) < 4.78 is 5.51. The lowest BCUT2D eigenvalue weighted by atomic mass is 10.1. The zero-order valence-electron chi connectivity index (χ0n) is 11.2. The number of aliphatic hydroxyl groups is 1. The molecule has 0 atom stereocenters. The Hall–Kier alpha value is -1.65. The van der Waals surface area contributed by atoms with Crippen LogP contribution in [0.15, 0.2) is 11.5 Å². The van der Waals surface area contributed by atoms with E-state index in [1.54, 1.807) is 6.92 Å². The van der Waals surface area contributed by atoms with Gasteiger partial charge in [0.05, 0.1) is 26.2 Å². The molecule has 0 unspecified atom stereocenters. The number of fused-ring (bicyclic) bond motifs is 3. The molecule has 3 aliphatic heterocycles. The van der Waals surface area contributed by atoms with Crippen molar-refractivity contribution in [2.45, 2.75) is 6.92 Å². The molecule has 0 amide bonds. The van der Waals surface area contributed by atoms with Gasteiger partial charge in [0, 0.05) is 19.6 Å². The Balaban J connectivity index is 2.11. The highest BCUT2D eigenvalue weighted by Gasteiger charge is 2.42. The predicted molar refractivity (Wildman–Crippen MR) is 67.5 cm³/mol. The zero-order chi connectivity index (χ0) is 13.9. The van der Waals surface area contributed by atoms with Gasteiger partial charge in [0.25, 0.3) is 5.76 Å². The fraction of sp³-hybridized carbons (Fsp3) is 0.750. The number of piperazine rings is 3. The monoisotopic (exact) mass is 268 g/mol. The molecule has 7 nitrogen and oxygen atoms in total. The number of ether oxygens (including phenoxy) is 1. The molecule has 0 aromatic heterocycles. The van der Waals surface area contributed by atoms with E-state index in [9.17, 15) is 9.90 Å². The summed E-state index contributed by atoms with van der Waals surface area (Å²) >= 11 is 0. The van der Waals surface area contributed by atoms with E-state index in [1.807, 2.05) is 0 Å². The Morgan fingerprint density at radius 3 is 2.42 bits per heavy atom. The maximum Gasteiger partial charge on any atom is 0.511 e. The second kappa shape index (κ2) is 5.55. The molecule has 3 aliphatic rings. The van der Waals surface area contributed by atoms with Crippen molar-refractivity contribution >= 4 is 5.97 Å². The summed E-state index contributed by atoms with van der Waals surface area (Å²) in [6, 6.07) is 0. The van der Waals surface area contributed by atoms with Gasteiger partial charge in [-0.3, -0.25) is 4.90 Å². The van der Waals surface area contributed by atoms with Gasteiger partial charge >= 0.3 is 11.7 Å². The summed E-state index contributed by atoms with van der Waals surface area (Å²) in [5, 5.41) is 18.9. The largest absolute Gasteiger partial charge is 0.511 e. The third-order valence-corrected chi connectivity index (χ3v) is 4.00. The summed E-state index contributed by atoms with van der Waals surface area (Å²) in [6.45, 7) is 8.05. The standard InChI is InChI=1S/C12H19N4O3/c1-2-19-12(18)11(14-13)10(17)9-16-6-3-15(4-7-16)5-8-16/h2-9H2,1H3/q+1/p+1. The first-order valence-electron chi connectivity index (χ1n) is 6.62. The van der Waals surface area contributed by atoms with E-state index >= 15 is 0 Å². The Morgan fingerprint density at radius 1 is 1.37 bits per heavy atom. The molecule has 3 rings (SSSR count). The SMILES string of the molecule is CCOC(=O)/C([N+]#N)=C(\O)C[N+]12CCN(CC1)CC2. The van der Waals surface area contributed by atoms with Crippen LogP contribution in [0.3, 0.4) is 0 Å². The predicted octanol–water partition coefficient (Wildman–Crippen LogP) is 0.318. The van der Waals surface area contributed by atoms with Crippen molar-refractivity contribution in [3.8, 4) is 0 Å².